The molecule has 0 radical (unpaired) electrons. The third kappa shape index (κ3) is 9.94. The Morgan fingerprint density at radius 2 is 2.18 bits per heavy atom. The summed E-state index contributed by atoms with van der Waals surface area (Å²) in [6, 6.07) is 0. The Labute approximate surface area is 66.3 Å². The van der Waals surface area contributed by atoms with E-state index in [1.165, 1.54) is 0 Å². The van der Waals surface area contributed by atoms with Crippen LogP contribution in [0.3, 0.4) is 0 Å². The summed E-state index contributed by atoms with van der Waals surface area (Å²) in [5.41, 5.74) is 0. The number of hydrogen-bond donors (Lipinski definition) is 3. The first kappa shape index (κ1) is 10.9. The molecule has 0 aliphatic heterocycles. The van der Waals surface area contributed by atoms with E-state index in [9.17, 15) is 4.57 Å². The maximum atomic E-state index is 9.95. The highest BCUT2D eigenvalue weighted by Gasteiger charge is 2.09. The molecule has 11 heavy (non-hydrogen) atoms. The summed E-state index contributed by atoms with van der Waals surface area (Å²) < 4.78 is 14.3. The third-order valence-electron chi connectivity index (χ3n) is 0.992. The quantitative estimate of drug-likeness (QED) is 0.369. The normalized spacial score (nSPS) is 11.6. The zero-order valence-corrected chi connectivity index (χ0v) is 7.09. The summed E-state index contributed by atoms with van der Waals surface area (Å²) in [7, 11) is -2.46. The molecule has 0 spiro atoms. The van der Waals surface area contributed by atoms with Crippen molar-refractivity contribution < 1.29 is 19.1 Å². The van der Waals surface area contributed by atoms with E-state index in [-0.39, 0.29) is 13.2 Å². The molecule has 3 N–H and O–H groups in total. The van der Waals surface area contributed by atoms with Crippen molar-refractivity contribution in [3.63, 3.8) is 0 Å². The van der Waals surface area contributed by atoms with Crippen LogP contribution >= 0.6 is 8.25 Å². The molecule has 6 heteroatoms. The van der Waals surface area contributed by atoms with Crippen molar-refractivity contribution in [2.75, 3.05) is 26.3 Å². The van der Waals surface area contributed by atoms with Crippen LogP contribution in [0.15, 0.2) is 0 Å². The second-order valence-electron chi connectivity index (χ2n) is 1.90. The molecule has 0 aliphatic carbocycles. The van der Waals surface area contributed by atoms with Gasteiger partial charge in [0.1, 0.15) is 6.61 Å². The molecule has 1 unspecified atom stereocenters. The van der Waals surface area contributed by atoms with Crippen LogP contribution in [0, 0.1) is 0 Å². The smallest absolute Gasteiger partial charge is 0.396 e. The SMILES string of the molecule is O=[P+](O)OCCNCCCO. The van der Waals surface area contributed by atoms with Crippen molar-refractivity contribution >= 4 is 8.25 Å². The van der Waals surface area contributed by atoms with E-state index in [0.29, 0.717) is 19.5 Å². The van der Waals surface area contributed by atoms with E-state index in [1.807, 2.05) is 0 Å². The van der Waals surface area contributed by atoms with Gasteiger partial charge in [-0.15, -0.1) is 9.42 Å². The maximum absolute atomic E-state index is 9.95. The molecule has 0 rings (SSSR count). The highest BCUT2D eigenvalue weighted by Crippen LogP contribution is 2.12. The minimum atomic E-state index is -2.46. The lowest BCUT2D eigenvalue weighted by Gasteiger charge is -1.97. The van der Waals surface area contributed by atoms with Crippen LogP contribution in [0.1, 0.15) is 6.42 Å². The Morgan fingerprint density at radius 3 is 2.73 bits per heavy atom. The van der Waals surface area contributed by atoms with Gasteiger partial charge >= 0.3 is 8.25 Å². The van der Waals surface area contributed by atoms with Crippen LogP contribution in [0.5, 0.6) is 0 Å². The van der Waals surface area contributed by atoms with Crippen molar-refractivity contribution in [3.8, 4) is 0 Å². The van der Waals surface area contributed by atoms with Gasteiger partial charge in [-0.2, -0.15) is 0 Å². The monoisotopic (exact) mass is 182 g/mol. The molecule has 0 fully saturated rings. The van der Waals surface area contributed by atoms with Crippen molar-refractivity contribution in [2.45, 2.75) is 6.42 Å². The lowest BCUT2D eigenvalue weighted by Crippen LogP contribution is -2.20. The minimum Gasteiger partial charge on any atom is -0.396 e. The van der Waals surface area contributed by atoms with Gasteiger partial charge < -0.3 is 10.4 Å². The van der Waals surface area contributed by atoms with E-state index in [2.05, 4.69) is 9.84 Å². The molecule has 66 valence electrons. The molecule has 0 aromatic carbocycles. The predicted octanol–water partition coefficient (Wildman–Crippen LogP) is -0.375. The average Bonchev–Trinajstić information content (AvgIpc) is 1.96. The lowest BCUT2D eigenvalue weighted by atomic mass is 10.4. The van der Waals surface area contributed by atoms with Crippen molar-refractivity contribution in [2.24, 2.45) is 0 Å². The molecule has 0 aliphatic rings. The molecule has 0 saturated heterocycles. The standard InChI is InChI=1S/C5H12NO4P/c7-4-1-2-6-3-5-10-11(8)9/h6-7H,1-5H2/p+1. The van der Waals surface area contributed by atoms with Gasteiger partial charge in [0.25, 0.3) is 0 Å². The summed E-state index contributed by atoms with van der Waals surface area (Å²) >= 11 is 0. The van der Waals surface area contributed by atoms with Gasteiger partial charge in [0.15, 0.2) is 0 Å². The Bertz CT molecular complexity index is 111. The maximum Gasteiger partial charge on any atom is 0.694 e. The molecule has 5 nitrogen and oxygen atoms in total. The third-order valence-corrected chi connectivity index (χ3v) is 1.40. The molecule has 0 saturated carbocycles. The van der Waals surface area contributed by atoms with Crippen LogP contribution in [0.4, 0.5) is 0 Å². The van der Waals surface area contributed by atoms with Crippen LogP contribution in [-0.2, 0) is 9.09 Å². The van der Waals surface area contributed by atoms with Gasteiger partial charge in [-0.1, -0.05) is 0 Å². The summed E-state index contributed by atoms with van der Waals surface area (Å²) in [6.07, 6.45) is 0.686. The number of hydrogen-bond acceptors (Lipinski definition) is 4. The summed E-state index contributed by atoms with van der Waals surface area (Å²) in [4.78, 5) is 8.17. The van der Waals surface area contributed by atoms with Crippen LogP contribution < -0.4 is 5.32 Å². The topological polar surface area (TPSA) is 78.8 Å². The van der Waals surface area contributed by atoms with E-state index < -0.39 is 8.25 Å². The molecule has 1 atom stereocenters. The van der Waals surface area contributed by atoms with Gasteiger partial charge in [-0.3, -0.25) is 0 Å². The highest BCUT2D eigenvalue weighted by atomic mass is 31.1. The molecular weight excluding hydrogens is 169 g/mol. The first-order chi connectivity index (χ1) is 5.27. The molecule has 0 bridgehead atoms. The summed E-state index contributed by atoms with van der Waals surface area (Å²) in [5, 5.41) is 11.3. The first-order valence-electron chi connectivity index (χ1n) is 3.38. The minimum absolute atomic E-state index is 0.155. The zero-order valence-electron chi connectivity index (χ0n) is 6.19. The summed E-state index contributed by atoms with van der Waals surface area (Å²) in [5.74, 6) is 0. The van der Waals surface area contributed by atoms with Crippen molar-refractivity contribution in [1.29, 1.82) is 0 Å². The summed E-state index contributed by atoms with van der Waals surface area (Å²) in [6.45, 7) is 1.60. The number of rotatable bonds is 7. The molecule has 0 heterocycles. The second kappa shape index (κ2) is 8.04. The molecular formula is C5H13NO4P+. The zero-order chi connectivity index (χ0) is 8.53. The van der Waals surface area contributed by atoms with E-state index in [1.54, 1.807) is 0 Å². The molecule has 0 aromatic heterocycles. The number of aliphatic hydroxyl groups excluding tert-OH is 1. The average molecular weight is 182 g/mol. The van der Waals surface area contributed by atoms with Crippen LogP contribution in [-0.4, -0.2) is 36.3 Å². The van der Waals surface area contributed by atoms with Gasteiger partial charge in [0.2, 0.25) is 0 Å². The van der Waals surface area contributed by atoms with Gasteiger partial charge in [0.05, 0.1) is 0 Å². The second-order valence-corrected chi connectivity index (χ2v) is 2.63. The fraction of sp³-hybridized carbons (Fsp3) is 1.00. The number of nitrogens with one attached hydrogen (secondary N) is 1. The van der Waals surface area contributed by atoms with Crippen molar-refractivity contribution in [3.05, 3.63) is 0 Å². The van der Waals surface area contributed by atoms with Crippen LogP contribution in [0.25, 0.3) is 0 Å². The molecule has 0 aromatic rings. The Kier molecular flexibility index (Phi) is 8.00. The fourth-order valence-electron chi connectivity index (χ4n) is 0.525. The largest absolute Gasteiger partial charge is 0.694 e. The Hall–Kier alpha value is -0.0600. The van der Waals surface area contributed by atoms with Crippen LogP contribution in [0.2, 0.25) is 0 Å². The Morgan fingerprint density at radius 1 is 1.45 bits per heavy atom. The Balaban J connectivity index is 2.85. The predicted molar refractivity (Wildman–Crippen MR) is 40.3 cm³/mol. The van der Waals surface area contributed by atoms with Gasteiger partial charge in [0, 0.05) is 17.7 Å². The lowest BCUT2D eigenvalue weighted by molar-refractivity contribution is 0.268. The van der Waals surface area contributed by atoms with Crippen molar-refractivity contribution in [1.82, 2.24) is 5.32 Å². The highest BCUT2D eigenvalue weighted by molar-refractivity contribution is 7.32. The number of aliphatic hydroxyl groups is 1. The van der Waals surface area contributed by atoms with Gasteiger partial charge in [-0.05, 0) is 13.0 Å². The van der Waals surface area contributed by atoms with E-state index in [0.717, 1.165) is 0 Å². The van der Waals surface area contributed by atoms with E-state index in [4.69, 9.17) is 10.00 Å². The molecule has 0 amide bonds. The van der Waals surface area contributed by atoms with E-state index >= 15 is 0 Å². The van der Waals surface area contributed by atoms with Gasteiger partial charge in [-0.25, -0.2) is 0 Å². The first-order valence-corrected chi connectivity index (χ1v) is 4.51. The fourth-order valence-corrected chi connectivity index (χ4v) is 0.772.